The van der Waals surface area contributed by atoms with Crippen molar-refractivity contribution in [1.82, 2.24) is 9.80 Å². The Labute approximate surface area is 135 Å². The summed E-state index contributed by atoms with van der Waals surface area (Å²) in [5.41, 5.74) is 1.34. The number of likely N-dealkylation sites (N-methyl/N-ethyl adjacent to an activating group) is 1. The number of β-amino-alcohol motifs (C(OH)–C–C–N with tert-alkyl or cyclic N) is 1. The Balaban J connectivity index is 1.51. The fourth-order valence-corrected chi connectivity index (χ4v) is 4.41. The number of aryl methyl sites for hydroxylation is 2. The molecule has 1 saturated heterocycles. The number of fused-ring (bicyclic) bond motifs is 1. The minimum atomic E-state index is -0.515. The summed E-state index contributed by atoms with van der Waals surface area (Å²) in [4.78, 5) is 18.5. The van der Waals surface area contributed by atoms with Gasteiger partial charge in [0.25, 0.3) is 5.91 Å². The molecule has 22 heavy (non-hydrogen) atoms. The van der Waals surface area contributed by atoms with Crippen LogP contribution in [0.3, 0.4) is 0 Å². The Morgan fingerprint density at radius 2 is 2.23 bits per heavy atom. The molecule has 1 atom stereocenters. The highest BCUT2D eigenvalue weighted by molar-refractivity contribution is 7.14. The van der Waals surface area contributed by atoms with Crippen LogP contribution in [0, 0.1) is 0 Å². The Morgan fingerprint density at radius 1 is 1.45 bits per heavy atom. The molecule has 0 radical (unpaired) electrons. The number of thiophene rings is 1. The van der Waals surface area contributed by atoms with E-state index in [2.05, 4.69) is 4.90 Å². The van der Waals surface area contributed by atoms with Gasteiger partial charge in [0.15, 0.2) is 0 Å². The number of hydrogen-bond acceptors (Lipinski definition) is 5. The number of hydrogen-bond donors (Lipinski definition) is 1. The zero-order valence-electron chi connectivity index (χ0n) is 13.1. The quantitative estimate of drug-likeness (QED) is 0.878. The van der Waals surface area contributed by atoms with Crippen LogP contribution in [0.25, 0.3) is 0 Å². The molecular weight excluding hydrogens is 300 g/mol. The van der Waals surface area contributed by atoms with Crippen LogP contribution in [-0.2, 0) is 17.6 Å². The lowest BCUT2D eigenvalue weighted by Crippen LogP contribution is -2.44. The summed E-state index contributed by atoms with van der Waals surface area (Å²) in [7, 11) is 1.77. The monoisotopic (exact) mass is 324 g/mol. The minimum absolute atomic E-state index is 0.0282. The second kappa shape index (κ2) is 7.08. The van der Waals surface area contributed by atoms with Crippen molar-refractivity contribution in [3.63, 3.8) is 0 Å². The van der Waals surface area contributed by atoms with Gasteiger partial charge in [0.1, 0.15) is 0 Å². The standard InChI is InChI=1S/C16H24N2O3S/c1-17(10-13(19)11-18-5-7-21-8-6-18)16(20)15-9-12-3-2-4-14(12)22-15/h9,13,19H,2-8,10-11H2,1H3. The molecule has 2 heterocycles. The predicted molar refractivity (Wildman–Crippen MR) is 86.6 cm³/mol. The maximum Gasteiger partial charge on any atom is 0.263 e. The first-order valence-corrected chi connectivity index (χ1v) is 8.80. The number of carbonyl (C=O) groups excluding carboxylic acids is 1. The number of aliphatic hydroxyl groups excluding tert-OH is 1. The Morgan fingerprint density at radius 3 is 2.95 bits per heavy atom. The second-order valence-electron chi connectivity index (χ2n) is 6.17. The number of amides is 1. The fourth-order valence-electron chi connectivity index (χ4n) is 3.16. The summed E-state index contributed by atoms with van der Waals surface area (Å²) in [6, 6.07) is 2.04. The van der Waals surface area contributed by atoms with Crippen LogP contribution >= 0.6 is 11.3 Å². The average molecular weight is 324 g/mol. The molecule has 5 nitrogen and oxygen atoms in total. The molecule has 0 aromatic carbocycles. The van der Waals surface area contributed by atoms with Crippen LogP contribution in [-0.4, -0.2) is 73.4 Å². The molecule has 6 heteroatoms. The summed E-state index contributed by atoms with van der Waals surface area (Å²) in [5.74, 6) is 0.0282. The van der Waals surface area contributed by atoms with Crippen LogP contribution in [0.1, 0.15) is 26.5 Å². The number of morpholine rings is 1. The smallest absolute Gasteiger partial charge is 0.263 e. The van der Waals surface area contributed by atoms with E-state index in [0.29, 0.717) is 13.1 Å². The molecule has 1 fully saturated rings. The van der Waals surface area contributed by atoms with Gasteiger partial charge in [0.2, 0.25) is 0 Å². The van der Waals surface area contributed by atoms with Gasteiger partial charge in [-0.2, -0.15) is 0 Å². The summed E-state index contributed by atoms with van der Waals surface area (Å²) < 4.78 is 5.30. The molecule has 1 aromatic rings. The molecular formula is C16H24N2O3S. The molecule has 1 aliphatic carbocycles. The summed E-state index contributed by atoms with van der Waals surface area (Å²) >= 11 is 1.62. The van der Waals surface area contributed by atoms with Crippen molar-refractivity contribution in [2.75, 3.05) is 46.4 Å². The summed E-state index contributed by atoms with van der Waals surface area (Å²) in [6.45, 7) is 4.13. The van der Waals surface area contributed by atoms with Crippen LogP contribution in [0.5, 0.6) is 0 Å². The Bertz CT molecular complexity index is 504. The first-order valence-electron chi connectivity index (χ1n) is 7.98. The van der Waals surface area contributed by atoms with Gasteiger partial charge in [-0.1, -0.05) is 0 Å². The van der Waals surface area contributed by atoms with Crippen molar-refractivity contribution >= 4 is 17.2 Å². The fraction of sp³-hybridized carbons (Fsp3) is 0.688. The number of carbonyl (C=O) groups is 1. The normalized spacial score (nSPS) is 19.9. The van der Waals surface area contributed by atoms with Gasteiger partial charge in [0.05, 0.1) is 24.2 Å². The highest BCUT2D eigenvalue weighted by atomic mass is 32.1. The van der Waals surface area contributed by atoms with E-state index in [1.807, 2.05) is 6.07 Å². The van der Waals surface area contributed by atoms with E-state index in [0.717, 1.165) is 44.0 Å². The van der Waals surface area contributed by atoms with Gasteiger partial charge in [-0.15, -0.1) is 11.3 Å². The van der Waals surface area contributed by atoms with E-state index >= 15 is 0 Å². The number of aliphatic hydroxyl groups is 1. The van der Waals surface area contributed by atoms with Gasteiger partial charge in [-0.05, 0) is 30.9 Å². The van der Waals surface area contributed by atoms with E-state index < -0.39 is 6.10 Å². The van der Waals surface area contributed by atoms with Crippen LogP contribution < -0.4 is 0 Å². The van der Waals surface area contributed by atoms with Crippen molar-refractivity contribution in [1.29, 1.82) is 0 Å². The molecule has 0 spiro atoms. The molecule has 0 saturated carbocycles. The lowest BCUT2D eigenvalue weighted by Gasteiger charge is -2.30. The third-order valence-corrected chi connectivity index (χ3v) is 5.59. The molecule has 1 unspecified atom stereocenters. The molecule has 1 aromatic heterocycles. The molecule has 2 aliphatic rings. The summed E-state index contributed by atoms with van der Waals surface area (Å²) in [5, 5.41) is 10.2. The predicted octanol–water partition coefficient (Wildman–Crippen LogP) is 1.00. The third kappa shape index (κ3) is 3.68. The van der Waals surface area contributed by atoms with E-state index in [1.54, 1.807) is 23.3 Å². The average Bonchev–Trinajstić information content (AvgIpc) is 3.08. The maximum absolute atomic E-state index is 12.5. The van der Waals surface area contributed by atoms with Gasteiger partial charge in [0, 0.05) is 38.1 Å². The zero-order chi connectivity index (χ0) is 15.5. The van der Waals surface area contributed by atoms with E-state index in [1.165, 1.54) is 16.9 Å². The van der Waals surface area contributed by atoms with Crippen molar-refractivity contribution in [2.45, 2.75) is 25.4 Å². The van der Waals surface area contributed by atoms with Gasteiger partial charge in [-0.25, -0.2) is 0 Å². The first-order chi connectivity index (χ1) is 10.6. The summed E-state index contributed by atoms with van der Waals surface area (Å²) in [6.07, 6.45) is 2.90. The van der Waals surface area contributed by atoms with Crippen molar-refractivity contribution in [2.24, 2.45) is 0 Å². The Kier molecular flexibility index (Phi) is 5.13. The van der Waals surface area contributed by atoms with Gasteiger partial charge in [-0.3, -0.25) is 9.69 Å². The van der Waals surface area contributed by atoms with Crippen molar-refractivity contribution in [3.8, 4) is 0 Å². The molecule has 122 valence electrons. The van der Waals surface area contributed by atoms with Gasteiger partial charge < -0.3 is 14.7 Å². The highest BCUT2D eigenvalue weighted by Gasteiger charge is 2.23. The maximum atomic E-state index is 12.5. The molecule has 1 amide bonds. The molecule has 0 bridgehead atoms. The largest absolute Gasteiger partial charge is 0.390 e. The van der Waals surface area contributed by atoms with Crippen LogP contribution in [0.15, 0.2) is 6.07 Å². The number of nitrogens with zero attached hydrogens (tertiary/aromatic N) is 2. The molecule has 1 aliphatic heterocycles. The van der Waals surface area contributed by atoms with Gasteiger partial charge >= 0.3 is 0 Å². The van der Waals surface area contributed by atoms with E-state index in [-0.39, 0.29) is 5.91 Å². The van der Waals surface area contributed by atoms with E-state index in [4.69, 9.17) is 4.74 Å². The topological polar surface area (TPSA) is 53.0 Å². The van der Waals surface area contributed by atoms with E-state index in [9.17, 15) is 9.90 Å². The Hall–Kier alpha value is -0.950. The SMILES string of the molecule is CN(CC(O)CN1CCOCC1)C(=O)c1cc2c(s1)CCC2. The highest BCUT2D eigenvalue weighted by Crippen LogP contribution is 2.31. The zero-order valence-corrected chi connectivity index (χ0v) is 13.9. The van der Waals surface area contributed by atoms with Crippen LogP contribution in [0.4, 0.5) is 0 Å². The lowest BCUT2D eigenvalue weighted by molar-refractivity contribution is 0.00883. The third-order valence-electron chi connectivity index (χ3n) is 4.36. The molecule has 1 N–H and O–H groups in total. The number of rotatable bonds is 5. The minimum Gasteiger partial charge on any atom is -0.390 e. The van der Waals surface area contributed by atoms with Crippen molar-refractivity contribution < 1.29 is 14.6 Å². The number of ether oxygens (including phenoxy) is 1. The van der Waals surface area contributed by atoms with Crippen LogP contribution in [0.2, 0.25) is 0 Å². The van der Waals surface area contributed by atoms with Crippen molar-refractivity contribution in [3.05, 3.63) is 21.4 Å². The first kappa shape index (κ1) is 15.9. The second-order valence-corrected chi connectivity index (χ2v) is 7.30. The lowest BCUT2D eigenvalue weighted by atomic mass is 10.2. The molecule has 3 rings (SSSR count).